The smallest absolute Gasteiger partial charge is 0.356 e. The Labute approximate surface area is 106 Å². The number of aliphatic imine (C=N–C) groups is 1. The molecule has 0 saturated carbocycles. The molecule has 0 amide bonds. The maximum absolute atomic E-state index is 11.6. The molecule has 17 heavy (non-hydrogen) atoms. The van der Waals surface area contributed by atoms with E-state index in [1.165, 1.54) is 0 Å². The first-order valence-electron chi connectivity index (χ1n) is 5.97. The Balaban J connectivity index is 2.15. The van der Waals surface area contributed by atoms with Gasteiger partial charge in [0.15, 0.2) is 0 Å². The van der Waals surface area contributed by atoms with Gasteiger partial charge in [-0.2, -0.15) is 0 Å². The summed E-state index contributed by atoms with van der Waals surface area (Å²) in [5.74, 6) is -0.145. The normalized spacial score (nSPS) is 32.3. The lowest BCUT2D eigenvalue weighted by Gasteiger charge is -2.35. The molecule has 2 rings (SSSR count). The molecule has 3 atom stereocenters. The second-order valence-corrected chi connectivity index (χ2v) is 4.92. The average Bonchev–Trinajstić information content (AvgIpc) is 2.30. The number of rotatable bonds is 2. The molecule has 3 unspecified atom stereocenters. The van der Waals surface area contributed by atoms with Gasteiger partial charge in [-0.3, -0.25) is 4.99 Å². The topological polar surface area (TPSA) is 50.7 Å². The molecular formula is C12H17ClN2O2. The molecule has 0 spiro atoms. The lowest BCUT2D eigenvalue weighted by molar-refractivity contribution is -0.134. The molecule has 0 aliphatic carbocycles. The zero-order valence-electron chi connectivity index (χ0n) is 10.1. The largest absolute Gasteiger partial charge is 0.461 e. The van der Waals surface area contributed by atoms with Gasteiger partial charge in [0.2, 0.25) is 0 Å². The maximum atomic E-state index is 11.6. The van der Waals surface area contributed by atoms with Crippen LogP contribution in [0.5, 0.6) is 0 Å². The van der Waals surface area contributed by atoms with Gasteiger partial charge in [0.1, 0.15) is 5.71 Å². The highest BCUT2D eigenvalue weighted by molar-refractivity contribution is 6.44. The third kappa shape index (κ3) is 2.69. The first-order chi connectivity index (χ1) is 8.11. The van der Waals surface area contributed by atoms with Crippen LogP contribution in [0.15, 0.2) is 16.1 Å². The van der Waals surface area contributed by atoms with Gasteiger partial charge in [-0.25, -0.2) is 4.79 Å². The number of dihydropyridines is 1. The van der Waals surface area contributed by atoms with Crippen molar-refractivity contribution in [2.24, 2.45) is 10.9 Å². The SMILES string of the molecule is CCOC(=O)C1=NC2CNC(C)CC2C(Cl)=C1. The van der Waals surface area contributed by atoms with Crippen LogP contribution in [0.1, 0.15) is 20.3 Å². The van der Waals surface area contributed by atoms with Crippen LogP contribution in [-0.2, 0) is 9.53 Å². The average molecular weight is 257 g/mol. The number of esters is 1. The molecule has 0 aromatic carbocycles. The Hall–Kier alpha value is -0.870. The fourth-order valence-corrected chi connectivity index (χ4v) is 2.63. The molecule has 1 N–H and O–H groups in total. The summed E-state index contributed by atoms with van der Waals surface area (Å²) in [6, 6.07) is 0.501. The first-order valence-corrected chi connectivity index (χ1v) is 6.35. The highest BCUT2D eigenvalue weighted by Gasteiger charge is 2.34. The van der Waals surface area contributed by atoms with E-state index >= 15 is 0 Å². The van der Waals surface area contributed by atoms with Gasteiger partial charge >= 0.3 is 5.97 Å². The van der Waals surface area contributed by atoms with Crippen LogP contribution in [0.4, 0.5) is 0 Å². The number of hydrogen-bond acceptors (Lipinski definition) is 4. The minimum Gasteiger partial charge on any atom is -0.461 e. The third-order valence-corrected chi connectivity index (χ3v) is 3.56. The molecule has 2 aliphatic rings. The summed E-state index contributed by atoms with van der Waals surface area (Å²) < 4.78 is 4.94. The highest BCUT2D eigenvalue weighted by atomic mass is 35.5. The van der Waals surface area contributed by atoms with E-state index in [0.717, 1.165) is 18.0 Å². The number of fused-ring (bicyclic) bond motifs is 1. The van der Waals surface area contributed by atoms with E-state index in [-0.39, 0.29) is 17.9 Å². The number of nitrogens with one attached hydrogen (secondary N) is 1. The van der Waals surface area contributed by atoms with E-state index in [9.17, 15) is 4.79 Å². The lowest BCUT2D eigenvalue weighted by atomic mass is 9.86. The Kier molecular flexibility index (Phi) is 3.84. The van der Waals surface area contributed by atoms with Crippen LogP contribution in [-0.4, -0.2) is 36.9 Å². The summed E-state index contributed by atoms with van der Waals surface area (Å²) in [7, 11) is 0. The minimum atomic E-state index is -0.386. The van der Waals surface area contributed by atoms with Gasteiger partial charge in [0.05, 0.1) is 12.6 Å². The van der Waals surface area contributed by atoms with E-state index in [0.29, 0.717) is 18.4 Å². The number of carbonyl (C=O) groups excluding carboxylic acids is 1. The van der Waals surface area contributed by atoms with Crippen molar-refractivity contribution in [2.75, 3.05) is 13.2 Å². The second-order valence-electron chi connectivity index (χ2n) is 4.48. The molecule has 4 nitrogen and oxygen atoms in total. The zero-order chi connectivity index (χ0) is 12.4. The number of nitrogens with zero attached hydrogens (tertiary/aromatic N) is 1. The molecule has 2 heterocycles. The predicted octanol–water partition coefficient (Wildman–Crippen LogP) is 1.49. The van der Waals surface area contributed by atoms with Crippen LogP contribution in [0.2, 0.25) is 0 Å². The van der Waals surface area contributed by atoms with Crippen LogP contribution in [0.3, 0.4) is 0 Å². The van der Waals surface area contributed by atoms with Crippen molar-refractivity contribution in [3.8, 4) is 0 Å². The quantitative estimate of drug-likeness (QED) is 0.762. The zero-order valence-corrected chi connectivity index (χ0v) is 10.8. The molecule has 94 valence electrons. The highest BCUT2D eigenvalue weighted by Crippen LogP contribution is 2.32. The van der Waals surface area contributed by atoms with Crippen molar-refractivity contribution >= 4 is 23.3 Å². The van der Waals surface area contributed by atoms with Gasteiger partial charge in [-0.15, -0.1) is 0 Å². The van der Waals surface area contributed by atoms with E-state index in [2.05, 4.69) is 17.2 Å². The summed E-state index contributed by atoms with van der Waals surface area (Å²) in [6.07, 6.45) is 2.61. The van der Waals surface area contributed by atoms with Crippen LogP contribution in [0.25, 0.3) is 0 Å². The number of carbonyl (C=O) groups is 1. The molecule has 0 radical (unpaired) electrons. The van der Waals surface area contributed by atoms with Gasteiger partial charge < -0.3 is 10.1 Å². The van der Waals surface area contributed by atoms with E-state index in [1.807, 2.05) is 0 Å². The van der Waals surface area contributed by atoms with Crippen LogP contribution < -0.4 is 5.32 Å². The standard InChI is InChI=1S/C12H17ClN2O2/c1-3-17-12(16)10-5-9(13)8-4-7(2)14-6-11(8)15-10/h5,7-8,11,14H,3-4,6H2,1-2H3. The fourth-order valence-electron chi connectivity index (χ4n) is 2.29. The Morgan fingerprint density at radius 3 is 3.18 bits per heavy atom. The van der Waals surface area contributed by atoms with Crippen molar-refractivity contribution in [1.29, 1.82) is 0 Å². The number of piperidine rings is 1. The number of hydrogen-bond donors (Lipinski definition) is 1. The van der Waals surface area contributed by atoms with Gasteiger partial charge in [-0.05, 0) is 26.3 Å². The first kappa shape index (κ1) is 12.6. The van der Waals surface area contributed by atoms with E-state index in [4.69, 9.17) is 16.3 Å². The molecule has 5 heteroatoms. The van der Waals surface area contributed by atoms with E-state index < -0.39 is 0 Å². The molecular weight excluding hydrogens is 240 g/mol. The minimum absolute atomic E-state index is 0.0584. The molecule has 0 bridgehead atoms. The Bertz CT molecular complexity index is 379. The van der Waals surface area contributed by atoms with Gasteiger partial charge in [0, 0.05) is 23.5 Å². The predicted molar refractivity (Wildman–Crippen MR) is 67.4 cm³/mol. The number of halogens is 1. The van der Waals surface area contributed by atoms with Crippen molar-refractivity contribution in [3.63, 3.8) is 0 Å². The van der Waals surface area contributed by atoms with Gasteiger partial charge in [-0.1, -0.05) is 11.6 Å². The van der Waals surface area contributed by atoms with E-state index in [1.54, 1.807) is 13.0 Å². The van der Waals surface area contributed by atoms with Crippen molar-refractivity contribution in [3.05, 3.63) is 11.1 Å². The van der Waals surface area contributed by atoms with Crippen molar-refractivity contribution < 1.29 is 9.53 Å². The molecule has 1 fully saturated rings. The molecule has 1 saturated heterocycles. The lowest BCUT2D eigenvalue weighted by Crippen LogP contribution is -2.46. The summed E-state index contributed by atoms with van der Waals surface area (Å²) in [4.78, 5) is 16.0. The van der Waals surface area contributed by atoms with Crippen LogP contribution >= 0.6 is 11.6 Å². The Morgan fingerprint density at radius 2 is 2.47 bits per heavy atom. The number of ether oxygens (including phenoxy) is 1. The monoisotopic (exact) mass is 256 g/mol. The van der Waals surface area contributed by atoms with Crippen molar-refractivity contribution in [2.45, 2.75) is 32.4 Å². The van der Waals surface area contributed by atoms with Gasteiger partial charge in [0.25, 0.3) is 0 Å². The maximum Gasteiger partial charge on any atom is 0.356 e. The van der Waals surface area contributed by atoms with Crippen LogP contribution in [0, 0.1) is 5.92 Å². The molecule has 0 aromatic heterocycles. The summed E-state index contributed by atoms with van der Waals surface area (Å²) >= 11 is 6.24. The second kappa shape index (κ2) is 5.19. The molecule has 2 aliphatic heterocycles. The Morgan fingerprint density at radius 1 is 1.71 bits per heavy atom. The molecule has 0 aromatic rings. The fraction of sp³-hybridized carbons (Fsp3) is 0.667. The van der Waals surface area contributed by atoms with Crippen molar-refractivity contribution in [1.82, 2.24) is 5.32 Å². The summed E-state index contributed by atoms with van der Waals surface area (Å²) in [5.41, 5.74) is 0.342. The summed E-state index contributed by atoms with van der Waals surface area (Å²) in [5, 5.41) is 4.07. The summed E-state index contributed by atoms with van der Waals surface area (Å²) in [6.45, 7) is 5.02. The third-order valence-electron chi connectivity index (χ3n) is 3.17.